The van der Waals surface area contributed by atoms with E-state index in [0.29, 0.717) is 17.6 Å². The summed E-state index contributed by atoms with van der Waals surface area (Å²) in [7, 11) is 1.33. The van der Waals surface area contributed by atoms with Gasteiger partial charge in [0.15, 0.2) is 6.10 Å². The van der Waals surface area contributed by atoms with E-state index >= 15 is 0 Å². The van der Waals surface area contributed by atoms with Gasteiger partial charge in [-0.25, -0.2) is 14.2 Å². The van der Waals surface area contributed by atoms with Crippen LogP contribution in [0.15, 0.2) is 62.5 Å². The van der Waals surface area contributed by atoms with Gasteiger partial charge in [0.05, 0.1) is 25.1 Å². The second kappa shape index (κ2) is 10.1. The Bertz CT molecular complexity index is 1150. The summed E-state index contributed by atoms with van der Waals surface area (Å²) in [6.45, 7) is 3.88. The van der Waals surface area contributed by atoms with Crippen LogP contribution >= 0.6 is 0 Å². The molecule has 0 N–H and O–H groups in total. The van der Waals surface area contributed by atoms with Crippen molar-refractivity contribution in [2.24, 2.45) is 0 Å². The standard InChI is InChI=1S/C23H25NO7/c1-15(2)30-20(22(26)28-3)14-16-8-10-17(11-9-16)29-13-12-24-21(25)18-6-4-5-7-19(18)31-23(24)27/h4-11,15,20H,12-14H2,1-3H3. The van der Waals surface area contributed by atoms with Crippen molar-refractivity contribution in [2.45, 2.75) is 39.0 Å². The molecule has 0 aliphatic rings. The maximum Gasteiger partial charge on any atom is 0.422 e. The van der Waals surface area contributed by atoms with Crippen LogP contribution < -0.4 is 16.1 Å². The SMILES string of the molecule is COC(=O)C(Cc1ccc(OCCn2c(=O)oc3ccccc3c2=O)cc1)OC(C)C. The Balaban J connectivity index is 1.62. The number of hydrogen-bond acceptors (Lipinski definition) is 7. The third kappa shape index (κ3) is 5.61. The van der Waals surface area contributed by atoms with E-state index in [9.17, 15) is 14.4 Å². The normalized spacial score (nSPS) is 12.1. The summed E-state index contributed by atoms with van der Waals surface area (Å²) in [4.78, 5) is 36.5. The molecule has 164 valence electrons. The third-order valence-electron chi connectivity index (χ3n) is 4.61. The molecule has 0 saturated carbocycles. The van der Waals surface area contributed by atoms with Crippen LogP contribution in [0.1, 0.15) is 19.4 Å². The van der Waals surface area contributed by atoms with Crippen molar-refractivity contribution < 1.29 is 23.4 Å². The number of nitrogens with zero attached hydrogens (tertiary/aromatic N) is 1. The second-order valence-electron chi connectivity index (χ2n) is 7.21. The first-order chi connectivity index (χ1) is 14.9. The van der Waals surface area contributed by atoms with Gasteiger partial charge in [0.1, 0.15) is 17.9 Å². The van der Waals surface area contributed by atoms with Crippen molar-refractivity contribution >= 4 is 16.9 Å². The van der Waals surface area contributed by atoms with Gasteiger partial charge in [0.2, 0.25) is 0 Å². The molecule has 0 radical (unpaired) electrons. The minimum Gasteiger partial charge on any atom is -0.492 e. The van der Waals surface area contributed by atoms with Gasteiger partial charge in [-0.05, 0) is 43.7 Å². The highest BCUT2D eigenvalue weighted by molar-refractivity contribution is 5.75. The lowest BCUT2D eigenvalue weighted by Gasteiger charge is -2.18. The minimum atomic E-state index is -0.721. The predicted octanol–water partition coefficient (Wildman–Crippen LogP) is 2.54. The maximum atomic E-state index is 12.5. The van der Waals surface area contributed by atoms with Crippen molar-refractivity contribution in [3.8, 4) is 5.75 Å². The zero-order valence-corrected chi connectivity index (χ0v) is 17.7. The molecule has 1 aromatic heterocycles. The first-order valence-corrected chi connectivity index (χ1v) is 9.96. The Morgan fingerprint density at radius 3 is 2.45 bits per heavy atom. The van der Waals surface area contributed by atoms with Crippen LogP contribution in [0.3, 0.4) is 0 Å². The number of carbonyl (C=O) groups excluding carboxylic acids is 1. The van der Waals surface area contributed by atoms with E-state index in [1.807, 2.05) is 26.0 Å². The van der Waals surface area contributed by atoms with Crippen molar-refractivity contribution in [2.75, 3.05) is 13.7 Å². The fraction of sp³-hybridized carbons (Fsp3) is 0.348. The molecular formula is C23H25NO7. The van der Waals surface area contributed by atoms with Crippen molar-refractivity contribution in [3.05, 3.63) is 75.0 Å². The van der Waals surface area contributed by atoms with Gasteiger partial charge in [0, 0.05) is 6.42 Å². The average molecular weight is 427 g/mol. The summed E-state index contributed by atoms with van der Waals surface area (Å²) in [5, 5.41) is 0.343. The van der Waals surface area contributed by atoms with Crippen LogP contribution in [0.5, 0.6) is 5.75 Å². The highest BCUT2D eigenvalue weighted by Gasteiger charge is 2.21. The van der Waals surface area contributed by atoms with Crippen LogP contribution in [-0.2, 0) is 27.2 Å². The fourth-order valence-electron chi connectivity index (χ4n) is 3.14. The number of hydrogen-bond donors (Lipinski definition) is 0. The van der Waals surface area contributed by atoms with Gasteiger partial charge in [-0.15, -0.1) is 0 Å². The molecule has 0 aliphatic heterocycles. The zero-order chi connectivity index (χ0) is 22.4. The van der Waals surface area contributed by atoms with Gasteiger partial charge < -0.3 is 18.6 Å². The molecule has 0 amide bonds. The summed E-state index contributed by atoms with van der Waals surface area (Å²) in [5.74, 6) is -0.572. The Hall–Kier alpha value is -3.39. The number of esters is 1. The number of rotatable bonds is 9. The van der Waals surface area contributed by atoms with Crippen molar-refractivity contribution in [1.82, 2.24) is 4.57 Å². The zero-order valence-electron chi connectivity index (χ0n) is 17.7. The molecule has 0 aliphatic carbocycles. The third-order valence-corrected chi connectivity index (χ3v) is 4.61. The molecule has 3 aromatic rings. The van der Waals surface area contributed by atoms with Gasteiger partial charge in [0.25, 0.3) is 5.56 Å². The van der Waals surface area contributed by atoms with E-state index in [-0.39, 0.29) is 24.8 Å². The van der Waals surface area contributed by atoms with Gasteiger partial charge in [-0.1, -0.05) is 24.3 Å². The van der Waals surface area contributed by atoms with Gasteiger partial charge >= 0.3 is 11.7 Å². The summed E-state index contributed by atoms with van der Waals surface area (Å²) in [6, 6.07) is 13.8. The van der Waals surface area contributed by atoms with E-state index in [4.69, 9.17) is 18.6 Å². The lowest BCUT2D eigenvalue weighted by molar-refractivity contribution is -0.156. The predicted molar refractivity (Wildman–Crippen MR) is 114 cm³/mol. The number of carbonyl (C=O) groups is 1. The van der Waals surface area contributed by atoms with Crippen LogP contribution in [-0.4, -0.2) is 36.5 Å². The molecule has 1 atom stereocenters. The van der Waals surface area contributed by atoms with Gasteiger partial charge in [-0.2, -0.15) is 0 Å². The van der Waals surface area contributed by atoms with E-state index in [1.54, 1.807) is 36.4 Å². The molecule has 31 heavy (non-hydrogen) atoms. The van der Waals surface area contributed by atoms with Crippen LogP contribution in [0, 0.1) is 0 Å². The minimum absolute atomic E-state index is 0.0559. The smallest absolute Gasteiger partial charge is 0.422 e. The number of fused-ring (bicyclic) bond motifs is 1. The number of para-hydroxylation sites is 1. The van der Waals surface area contributed by atoms with E-state index in [0.717, 1.165) is 10.1 Å². The highest BCUT2D eigenvalue weighted by atomic mass is 16.6. The fourth-order valence-corrected chi connectivity index (χ4v) is 3.14. The van der Waals surface area contributed by atoms with E-state index in [1.165, 1.54) is 7.11 Å². The van der Waals surface area contributed by atoms with Crippen LogP contribution in [0.25, 0.3) is 11.0 Å². The Morgan fingerprint density at radius 1 is 1.06 bits per heavy atom. The van der Waals surface area contributed by atoms with Gasteiger partial charge in [-0.3, -0.25) is 4.79 Å². The Morgan fingerprint density at radius 2 is 1.77 bits per heavy atom. The number of ether oxygens (including phenoxy) is 3. The van der Waals surface area contributed by atoms with Crippen LogP contribution in [0.4, 0.5) is 0 Å². The molecule has 1 unspecified atom stereocenters. The second-order valence-corrected chi connectivity index (χ2v) is 7.21. The largest absolute Gasteiger partial charge is 0.492 e. The lowest BCUT2D eigenvalue weighted by Crippen LogP contribution is -2.34. The first-order valence-electron chi connectivity index (χ1n) is 9.96. The van der Waals surface area contributed by atoms with E-state index in [2.05, 4.69) is 0 Å². The number of aromatic nitrogens is 1. The maximum absolute atomic E-state index is 12.5. The molecule has 2 aromatic carbocycles. The molecule has 8 nitrogen and oxygen atoms in total. The van der Waals surface area contributed by atoms with Crippen molar-refractivity contribution in [3.63, 3.8) is 0 Å². The molecule has 8 heteroatoms. The monoisotopic (exact) mass is 427 g/mol. The summed E-state index contributed by atoms with van der Waals surface area (Å²) in [6.07, 6.45) is -0.419. The Labute approximate surface area is 179 Å². The summed E-state index contributed by atoms with van der Waals surface area (Å²) < 4.78 is 22.3. The van der Waals surface area contributed by atoms with Crippen molar-refractivity contribution in [1.29, 1.82) is 0 Å². The molecule has 0 bridgehead atoms. The first kappa shape index (κ1) is 22.3. The van der Waals surface area contributed by atoms with Crippen LogP contribution in [0.2, 0.25) is 0 Å². The molecule has 3 rings (SSSR count). The quantitative estimate of drug-likeness (QED) is 0.484. The molecular weight excluding hydrogens is 402 g/mol. The Kier molecular flexibility index (Phi) is 7.25. The topological polar surface area (TPSA) is 97.0 Å². The van der Waals surface area contributed by atoms with E-state index < -0.39 is 23.4 Å². The molecule has 0 fully saturated rings. The summed E-state index contributed by atoms with van der Waals surface area (Å²) in [5.41, 5.74) is 0.733. The highest BCUT2D eigenvalue weighted by Crippen LogP contribution is 2.16. The molecule has 1 heterocycles. The summed E-state index contributed by atoms with van der Waals surface area (Å²) >= 11 is 0. The average Bonchev–Trinajstić information content (AvgIpc) is 2.75. The number of methoxy groups -OCH3 is 1. The number of benzene rings is 2. The molecule has 0 saturated heterocycles. The lowest BCUT2D eigenvalue weighted by atomic mass is 10.1. The molecule has 0 spiro atoms.